The average molecular weight is 124 g/mol. The number of nitrogens with zero attached hydrogens (tertiary/aromatic N) is 1. The van der Waals surface area contributed by atoms with Gasteiger partial charge in [0.05, 0.1) is 0 Å². The Morgan fingerprint density at radius 2 is 2.33 bits per heavy atom. The van der Waals surface area contributed by atoms with Crippen molar-refractivity contribution in [1.29, 1.82) is 5.41 Å². The highest BCUT2D eigenvalue weighted by Crippen LogP contribution is 2.21. The van der Waals surface area contributed by atoms with E-state index in [0.29, 0.717) is 12.5 Å². The smallest absolute Gasteiger partial charge is 0.0495 e. The summed E-state index contributed by atoms with van der Waals surface area (Å²) in [6.07, 6.45) is 7.78. The van der Waals surface area contributed by atoms with Crippen LogP contribution in [0.15, 0.2) is 4.99 Å². The normalized spacial score (nSPS) is 20.0. The van der Waals surface area contributed by atoms with Crippen molar-refractivity contribution in [2.75, 3.05) is 0 Å². The van der Waals surface area contributed by atoms with E-state index in [1.54, 1.807) is 0 Å². The summed E-state index contributed by atoms with van der Waals surface area (Å²) in [5, 5.41) is 6.71. The van der Waals surface area contributed by atoms with Gasteiger partial charge < -0.3 is 5.41 Å². The van der Waals surface area contributed by atoms with Crippen LogP contribution in [0.3, 0.4) is 0 Å². The minimum Gasteiger partial charge on any atom is -0.313 e. The van der Waals surface area contributed by atoms with Crippen molar-refractivity contribution >= 4 is 12.4 Å². The van der Waals surface area contributed by atoms with E-state index in [1.807, 2.05) is 6.21 Å². The van der Waals surface area contributed by atoms with E-state index < -0.39 is 0 Å². The van der Waals surface area contributed by atoms with Gasteiger partial charge in [-0.1, -0.05) is 0 Å². The van der Waals surface area contributed by atoms with Crippen molar-refractivity contribution < 1.29 is 0 Å². The molecule has 1 fully saturated rings. The van der Waals surface area contributed by atoms with Crippen molar-refractivity contribution in [1.82, 2.24) is 0 Å². The van der Waals surface area contributed by atoms with E-state index in [9.17, 15) is 0 Å². The van der Waals surface area contributed by atoms with Crippen molar-refractivity contribution in [2.24, 2.45) is 4.99 Å². The van der Waals surface area contributed by atoms with Gasteiger partial charge in [0.2, 0.25) is 0 Å². The van der Waals surface area contributed by atoms with E-state index in [0.717, 1.165) is 0 Å². The minimum atomic E-state index is 0.602. The molecule has 0 aliphatic heterocycles. The zero-order chi connectivity index (χ0) is 6.53. The topological polar surface area (TPSA) is 36.2 Å². The Bertz CT molecular complexity index is 114. The molecular formula is C7H12N2. The van der Waals surface area contributed by atoms with E-state index in [4.69, 9.17) is 5.41 Å². The third kappa shape index (κ3) is 1.96. The highest BCUT2D eigenvalue weighted by atomic mass is 14.8. The lowest BCUT2D eigenvalue weighted by atomic mass is 9.94. The molecule has 0 atom stereocenters. The first-order valence-corrected chi connectivity index (χ1v) is 3.44. The molecule has 1 aliphatic carbocycles. The molecule has 0 aromatic rings. The molecule has 0 heterocycles. The maximum Gasteiger partial charge on any atom is 0.0495 e. The van der Waals surface area contributed by atoms with Gasteiger partial charge in [0, 0.05) is 24.9 Å². The lowest BCUT2D eigenvalue weighted by Crippen LogP contribution is -2.14. The second kappa shape index (κ2) is 3.38. The van der Waals surface area contributed by atoms with Gasteiger partial charge >= 0.3 is 0 Å². The Morgan fingerprint density at radius 3 is 2.78 bits per heavy atom. The molecule has 0 amide bonds. The summed E-state index contributed by atoms with van der Waals surface area (Å²) in [5.74, 6) is 0. The van der Waals surface area contributed by atoms with Gasteiger partial charge in [0.25, 0.3) is 0 Å². The molecule has 0 bridgehead atoms. The van der Waals surface area contributed by atoms with Crippen molar-refractivity contribution in [3.63, 3.8) is 0 Å². The third-order valence-corrected chi connectivity index (χ3v) is 1.61. The summed E-state index contributed by atoms with van der Waals surface area (Å²) >= 11 is 0. The monoisotopic (exact) mass is 124 g/mol. The van der Waals surface area contributed by atoms with Crippen LogP contribution in [-0.2, 0) is 0 Å². The Kier molecular flexibility index (Phi) is 2.43. The second-order valence-corrected chi connectivity index (χ2v) is 2.36. The quantitative estimate of drug-likeness (QED) is 0.555. The van der Waals surface area contributed by atoms with Crippen molar-refractivity contribution in [3.8, 4) is 0 Å². The van der Waals surface area contributed by atoms with E-state index in [2.05, 4.69) is 4.99 Å². The fourth-order valence-corrected chi connectivity index (χ4v) is 0.798. The van der Waals surface area contributed by atoms with Gasteiger partial charge in [0.1, 0.15) is 0 Å². The number of aliphatic imine (C=N–C) groups is 1. The second-order valence-electron chi connectivity index (χ2n) is 2.36. The molecule has 0 spiro atoms. The van der Waals surface area contributed by atoms with E-state index in [-0.39, 0.29) is 0 Å². The van der Waals surface area contributed by atoms with Crippen LogP contribution < -0.4 is 0 Å². The zero-order valence-electron chi connectivity index (χ0n) is 5.51. The predicted molar refractivity (Wildman–Crippen MR) is 39.5 cm³/mol. The number of hydrogen-bond donors (Lipinski definition) is 1. The molecule has 0 saturated heterocycles. The first kappa shape index (κ1) is 6.46. The molecule has 1 rings (SSSR count). The lowest BCUT2D eigenvalue weighted by Gasteiger charge is -2.20. The Hall–Kier alpha value is -0.660. The maximum absolute atomic E-state index is 6.71. The van der Waals surface area contributed by atoms with Gasteiger partial charge in [-0.2, -0.15) is 0 Å². The Labute approximate surface area is 55.5 Å². The molecule has 1 N–H and O–H groups in total. The zero-order valence-corrected chi connectivity index (χ0v) is 5.51. The van der Waals surface area contributed by atoms with Crippen LogP contribution in [0, 0.1) is 5.41 Å². The fourth-order valence-electron chi connectivity index (χ4n) is 0.798. The molecule has 1 saturated carbocycles. The SMILES string of the molecule is N=CCC=NC1CCC1. The minimum absolute atomic E-state index is 0.602. The Balaban J connectivity index is 2.07. The first-order valence-electron chi connectivity index (χ1n) is 3.44. The summed E-state index contributed by atoms with van der Waals surface area (Å²) < 4.78 is 0. The highest BCUT2D eigenvalue weighted by molar-refractivity contribution is 5.77. The van der Waals surface area contributed by atoms with Crippen LogP contribution in [0.25, 0.3) is 0 Å². The summed E-state index contributed by atoms with van der Waals surface area (Å²) in [7, 11) is 0. The van der Waals surface area contributed by atoms with Crippen LogP contribution in [-0.4, -0.2) is 18.5 Å². The van der Waals surface area contributed by atoms with Gasteiger partial charge in [-0.15, -0.1) is 0 Å². The Morgan fingerprint density at radius 1 is 1.56 bits per heavy atom. The molecule has 0 aromatic carbocycles. The predicted octanol–water partition coefficient (Wildman–Crippen LogP) is 1.65. The largest absolute Gasteiger partial charge is 0.313 e. The van der Waals surface area contributed by atoms with Crippen molar-refractivity contribution in [2.45, 2.75) is 31.7 Å². The van der Waals surface area contributed by atoms with Gasteiger partial charge in [-0.3, -0.25) is 4.99 Å². The standard InChI is InChI=1S/C7H12N2/c8-5-2-6-9-7-3-1-4-7/h5-8H,1-4H2. The summed E-state index contributed by atoms with van der Waals surface area (Å²) in [6.45, 7) is 0. The number of rotatable bonds is 3. The summed E-state index contributed by atoms with van der Waals surface area (Å²) in [6, 6.07) is 0.602. The van der Waals surface area contributed by atoms with E-state index in [1.165, 1.54) is 25.5 Å². The molecule has 50 valence electrons. The molecule has 2 nitrogen and oxygen atoms in total. The molecule has 0 unspecified atom stereocenters. The highest BCUT2D eigenvalue weighted by Gasteiger charge is 2.13. The van der Waals surface area contributed by atoms with Crippen LogP contribution in [0.1, 0.15) is 25.7 Å². The molecule has 0 radical (unpaired) electrons. The molecule has 2 heteroatoms. The molecule has 1 aliphatic rings. The van der Waals surface area contributed by atoms with Crippen LogP contribution in [0.2, 0.25) is 0 Å². The van der Waals surface area contributed by atoms with Crippen LogP contribution in [0.5, 0.6) is 0 Å². The molecule has 0 aromatic heterocycles. The van der Waals surface area contributed by atoms with Crippen molar-refractivity contribution in [3.05, 3.63) is 0 Å². The van der Waals surface area contributed by atoms with Crippen LogP contribution >= 0.6 is 0 Å². The summed E-state index contributed by atoms with van der Waals surface area (Å²) in [4.78, 5) is 4.24. The number of nitrogens with one attached hydrogen (secondary N) is 1. The number of hydrogen-bond acceptors (Lipinski definition) is 2. The maximum atomic E-state index is 6.71. The third-order valence-electron chi connectivity index (χ3n) is 1.61. The van der Waals surface area contributed by atoms with Gasteiger partial charge in [0.15, 0.2) is 0 Å². The van der Waals surface area contributed by atoms with Crippen LogP contribution in [0.4, 0.5) is 0 Å². The van der Waals surface area contributed by atoms with E-state index >= 15 is 0 Å². The molecule has 9 heavy (non-hydrogen) atoms. The lowest BCUT2D eigenvalue weighted by molar-refractivity contribution is 0.421. The molecular weight excluding hydrogens is 112 g/mol. The first-order chi connectivity index (χ1) is 4.43. The van der Waals surface area contributed by atoms with Gasteiger partial charge in [-0.05, 0) is 19.3 Å². The average Bonchev–Trinajstić information content (AvgIpc) is 1.76. The fraction of sp³-hybridized carbons (Fsp3) is 0.714. The van der Waals surface area contributed by atoms with Gasteiger partial charge in [-0.25, -0.2) is 0 Å². The summed E-state index contributed by atoms with van der Waals surface area (Å²) in [5.41, 5.74) is 0.